The van der Waals surface area contributed by atoms with E-state index in [1.807, 2.05) is 0 Å². The van der Waals surface area contributed by atoms with Crippen molar-refractivity contribution in [1.82, 2.24) is 10.3 Å². The van der Waals surface area contributed by atoms with Crippen molar-refractivity contribution in [2.24, 2.45) is 0 Å². The molecule has 0 aliphatic rings. The molecule has 0 aliphatic carbocycles. The monoisotopic (exact) mass is 262 g/mol. The van der Waals surface area contributed by atoms with Crippen molar-refractivity contribution in [2.45, 2.75) is 39.8 Å². The van der Waals surface area contributed by atoms with Gasteiger partial charge in [0.25, 0.3) is 0 Å². The van der Waals surface area contributed by atoms with Crippen LogP contribution in [0.3, 0.4) is 0 Å². The maximum absolute atomic E-state index is 13.2. The largest absolute Gasteiger partial charge is 0.439 e. The number of nitrogens with zero attached hydrogens (tertiary/aromatic N) is 1. The van der Waals surface area contributed by atoms with Gasteiger partial charge in [-0.05, 0) is 51.5 Å². The number of halogens is 1. The van der Waals surface area contributed by atoms with E-state index in [1.165, 1.54) is 6.07 Å². The summed E-state index contributed by atoms with van der Waals surface area (Å²) in [4.78, 5) is 4.22. The van der Waals surface area contributed by atoms with Gasteiger partial charge in [0.15, 0.2) is 5.76 Å². The van der Waals surface area contributed by atoms with Gasteiger partial charge in [0.2, 0.25) is 5.89 Å². The second kappa shape index (κ2) is 5.13. The van der Waals surface area contributed by atoms with Gasteiger partial charge in [-0.15, -0.1) is 0 Å². The first-order valence-corrected chi connectivity index (χ1v) is 6.31. The molecule has 0 unspecified atom stereocenters. The van der Waals surface area contributed by atoms with Crippen LogP contribution in [0.5, 0.6) is 0 Å². The first-order chi connectivity index (χ1) is 8.85. The standard InChI is InChI=1S/C15H19FN2O/c1-10-7-11(5-6-12(10)16)13-8-17-14(19-13)9-18-15(2,3)4/h5-8,18H,9H2,1-4H3. The Labute approximate surface area is 112 Å². The summed E-state index contributed by atoms with van der Waals surface area (Å²) < 4.78 is 18.9. The molecule has 0 aliphatic heterocycles. The molecule has 0 radical (unpaired) electrons. The zero-order valence-corrected chi connectivity index (χ0v) is 11.7. The van der Waals surface area contributed by atoms with Crippen LogP contribution < -0.4 is 5.32 Å². The molecule has 0 fully saturated rings. The summed E-state index contributed by atoms with van der Waals surface area (Å²) in [7, 11) is 0. The molecule has 0 saturated carbocycles. The lowest BCUT2D eigenvalue weighted by molar-refractivity contribution is 0.383. The molecule has 0 spiro atoms. The van der Waals surface area contributed by atoms with Gasteiger partial charge in [0.1, 0.15) is 5.82 Å². The number of aromatic nitrogens is 1. The molecule has 0 bridgehead atoms. The van der Waals surface area contributed by atoms with Gasteiger partial charge in [-0.3, -0.25) is 0 Å². The third-order valence-corrected chi connectivity index (χ3v) is 2.77. The summed E-state index contributed by atoms with van der Waals surface area (Å²) >= 11 is 0. The van der Waals surface area contributed by atoms with Crippen molar-refractivity contribution in [3.63, 3.8) is 0 Å². The van der Waals surface area contributed by atoms with Crippen LogP contribution in [0.25, 0.3) is 11.3 Å². The highest BCUT2D eigenvalue weighted by atomic mass is 19.1. The van der Waals surface area contributed by atoms with Crippen LogP contribution in [0.15, 0.2) is 28.8 Å². The fourth-order valence-corrected chi connectivity index (χ4v) is 1.66. The summed E-state index contributed by atoms with van der Waals surface area (Å²) in [5.74, 6) is 1.08. The highest BCUT2D eigenvalue weighted by Gasteiger charge is 2.12. The number of hydrogen-bond donors (Lipinski definition) is 1. The summed E-state index contributed by atoms with van der Waals surface area (Å²) in [5, 5.41) is 3.31. The molecule has 102 valence electrons. The second-order valence-electron chi connectivity index (χ2n) is 5.69. The molecule has 2 aromatic rings. The van der Waals surface area contributed by atoms with E-state index >= 15 is 0 Å². The van der Waals surface area contributed by atoms with Crippen LogP contribution in [0, 0.1) is 12.7 Å². The maximum atomic E-state index is 13.2. The highest BCUT2D eigenvalue weighted by molar-refractivity contribution is 5.57. The SMILES string of the molecule is Cc1cc(-c2cnc(CNC(C)(C)C)o2)ccc1F. The van der Waals surface area contributed by atoms with Gasteiger partial charge in [-0.2, -0.15) is 0 Å². The Morgan fingerprint density at radius 2 is 2.05 bits per heavy atom. The minimum Gasteiger partial charge on any atom is -0.439 e. The number of aryl methyl sites for hydroxylation is 1. The summed E-state index contributed by atoms with van der Waals surface area (Å²) in [6.45, 7) is 8.56. The number of hydrogen-bond acceptors (Lipinski definition) is 3. The molecule has 1 aromatic carbocycles. The predicted molar refractivity (Wildman–Crippen MR) is 73.2 cm³/mol. The van der Waals surface area contributed by atoms with E-state index in [2.05, 4.69) is 31.1 Å². The summed E-state index contributed by atoms with van der Waals surface area (Å²) in [6, 6.07) is 4.90. The van der Waals surface area contributed by atoms with E-state index in [0.717, 1.165) is 5.56 Å². The molecular formula is C15H19FN2O. The molecule has 1 heterocycles. The number of benzene rings is 1. The molecule has 0 amide bonds. The lowest BCUT2D eigenvalue weighted by Gasteiger charge is -2.18. The van der Waals surface area contributed by atoms with Gasteiger partial charge in [-0.1, -0.05) is 0 Å². The quantitative estimate of drug-likeness (QED) is 0.917. The zero-order valence-electron chi connectivity index (χ0n) is 11.7. The van der Waals surface area contributed by atoms with Crippen molar-refractivity contribution >= 4 is 0 Å². The van der Waals surface area contributed by atoms with E-state index in [-0.39, 0.29) is 11.4 Å². The molecular weight excluding hydrogens is 243 g/mol. The normalized spacial score (nSPS) is 11.8. The van der Waals surface area contributed by atoms with Gasteiger partial charge >= 0.3 is 0 Å². The third kappa shape index (κ3) is 3.64. The van der Waals surface area contributed by atoms with E-state index in [0.29, 0.717) is 23.8 Å². The van der Waals surface area contributed by atoms with Crippen LogP contribution >= 0.6 is 0 Å². The Kier molecular flexibility index (Phi) is 3.71. The van der Waals surface area contributed by atoms with Crippen molar-refractivity contribution in [2.75, 3.05) is 0 Å². The number of nitrogens with one attached hydrogen (secondary N) is 1. The minimum atomic E-state index is -0.210. The van der Waals surface area contributed by atoms with Crippen LogP contribution in [0.1, 0.15) is 32.2 Å². The fourth-order valence-electron chi connectivity index (χ4n) is 1.66. The van der Waals surface area contributed by atoms with Crippen molar-refractivity contribution < 1.29 is 8.81 Å². The molecule has 0 atom stereocenters. The van der Waals surface area contributed by atoms with Crippen molar-refractivity contribution in [3.8, 4) is 11.3 Å². The Morgan fingerprint density at radius 1 is 1.32 bits per heavy atom. The lowest BCUT2D eigenvalue weighted by atomic mass is 10.1. The molecule has 1 N–H and O–H groups in total. The van der Waals surface area contributed by atoms with Crippen molar-refractivity contribution in [1.29, 1.82) is 0 Å². The lowest BCUT2D eigenvalue weighted by Crippen LogP contribution is -2.35. The molecule has 3 nitrogen and oxygen atoms in total. The summed E-state index contributed by atoms with van der Waals surface area (Å²) in [5.41, 5.74) is 1.46. The molecule has 4 heteroatoms. The topological polar surface area (TPSA) is 38.1 Å². The van der Waals surface area contributed by atoms with E-state index in [1.54, 1.807) is 25.3 Å². The van der Waals surface area contributed by atoms with Gasteiger partial charge in [0.05, 0.1) is 12.7 Å². The minimum absolute atomic E-state index is 0.0150. The highest BCUT2D eigenvalue weighted by Crippen LogP contribution is 2.22. The Morgan fingerprint density at radius 3 is 2.68 bits per heavy atom. The third-order valence-electron chi connectivity index (χ3n) is 2.77. The summed E-state index contributed by atoms with van der Waals surface area (Å²) in [6.07, 6.45) is 1.67. The van der Waals surface area contributed by atoms with E-state index in [9.17, 15) is 4.39 Å². The van der Waals surface area contributed by atoms with Crippen LogP contribution in [-0.4, -0.2) is 10.5 Å². The van der Waals surface area contributed by atoms with Gasteiger partial charge < -0.3 is 9.73 Å². The van der Waals surface area contributed by atoms with Crippen LogP contribution in [0.2, 0.25) is 0 Å². The van der Waals surface area contributed by atoms with Gasteiger partial charge in [0, 0.05) is 11.1 Å². The Bertz CT molecular complexity index is 570. The molecule has 19 heavy (non-hydrogen) atoms. The number of rotatable bonds is 3. The average molecular weight is 262 g/mol. The zero-order chi connectivity index (χ0) is 14.0. The molecule has 0 saturated heterocycles. The fraction of sp³-hybridized carbons (Fsp3) is 0.400. The van der Waals surface area contributed by atoms with E-state index < -0.39 is 0 Å². The van der Waals surface area contributed by atoms with Crippen LogP contribution in [-0.2, 0) is 6.54 Å². The molecule has 1 aromatic heterocycles. The van der Waals surface area contributed by atoms with Gasteiger partial charge in [-0.25, -0.2) is 9.37 Å². The smallest absolute Gasteiger partial charge is 0.208 e. The first kappa shape index (κ1) is 13.7. The first-order valence-electron chi connectivity index (χ1n) is 6.31. The maximum Gasteiger partial charge on any atom is 0.208 e. The Hall–Kier alpha value is -1.68. The average Bonchev–Trinajstić information content (AvgIpc) is 2.78. The van der Waals surface area contributed by atoms with Crippen LogP contribution in [0.4, 0.5) is 4.39 Å². The van der Waals surface area contributed by atoms with Crippen molar-refractivity contribution in [3.05, 3.63) is 41.7 Å². The second-order valence-corrected chi connectivity index (χ2v) is 5.69. The number of oxazole rings is 1. The van der Waals surface area contributed by atoms with E-state index in [4.69, 9.17) is 4.42 Å². The predicted octanol–water partition coefficient (Wildman–Crippen LogP) is 3.68. The Balaban J connectivity index is 2.14. The molecule has 2 rings (SSSR count).